The highest BCUT2D eigenvalue weighted by molar-refractivity contribution is 9.10. The lowest BCUT2D eigenvalue weighted by Gasteiger charge is -2.21. The van der Waals surface area contributed by atoms with Crippen molar-refractivity contribution in [1.82, 2.24) is 0 Å². The van der Waals surface area contributed by atoms with Crippen molar-refractivity contribution in [1.29, 1.82) is 0 Å². The van der Waals surface area contributed by atoms with Crippen LogP contribution in [0.15, 0.2) is 51.4 Å². The lowest BCUT2D eigenvalue weighted by molar-refractivity contribution is 0.101. The van der Waals surface area contributed by atoms with Crippen LogP contribution in [0, 0.1) is 0 Å². The zero-order valence-electron chi connectivity index (χ0n) is 14.2. The summed E-state index contributed by atoms with van der Waals surface area (Å²) in [5, 5.41) is 0.848. The van der Waals surface area contributed by atoms with Crippen LogP contribution in [0.3, 0.4) is 0 Å². The van der Waals surface area contributed by atoms with E-state index in [2.05, 4.69) is 15.9 Å². The highest BCUT2D eigenvalue weighted by atomic mass is 79.9. The summed E-state index contributed by atoms with van der Waals surface area (Å²) in [6.45, 7) is 1.86. The van der Waals surface area contributed by atoms with Gasteiger partial charge in [-0.1, -0.05) is 15.9 Å². The second-order valence-electron chi connectivity index (χ2n) is 6.58. The molecule has 0 radical (unpaired) electrons. The molecular formula is C19H16BrNO4S. The van der Waals surface area contributed by atoms with Crippen molar-refractivity contribution in [3.8, 4) is 0 Å². The number of hydrogen-bond acceptors (Lipinski definition) is 4. The SMILES string of the molecule is C[C@H]1Cc2cc(C(=O)c3cc4cc(Br)ccc4o3)ccc2N1S(C)(=O)=O. The fraction of sp³-hybridized carbons (Fsp3) is 0.211. The molecule has 1 aliphatic heterocycles. The fourth-order valence-corrected chi connectivity index (χ4v) is 5.16. The number of anilines is 1. The van der Waals surface area contributed by atoms with Gasteiger partial charge < -0.3 is 4.42 Å². The summed E-state index contributed by atoms with van der Waals surface area (Å²) in [4.78, 5) is 12.8. The van der Waals surface area contributed by atoms with Gasteiger partial charge in [-0.25, -0.2) is 8.42 Å². The maximum atomic E-state index is 12.8. The molecule has 1 aromatic heterocycles. The molecule has 1 atom stereocenters. The minimum Gasteiger partial charge on any atom is -0.453 e. The Balaban J connectivity index is 1.73. The van der Waals surface area contributed by atoms with Crippen molar-refractivity contribution in [2.24, 2.45) is 0 Å². The van der Waals surface area contributed by atoms with Crippen LogP contribution in [-0.4, -0.2) is 26.5 Å². The van der Waals surface area contributed by atoms with Gasteiger partial charge in [0.15, 0.2) is 5.76 Å². The highest BCUT2D eigenvalue weighted by Gasteiger charge is 2.33. The summed E-state index contributed by atoms with van der Waals surface area (Å²) in [5.74, 6) is 0.0506. The number of carbonyl (C=O) groups excluding carboxylic acids is 1. The molecule has 0 N–H and O–H groups in total. The van der Waals surface area contributed by atoms with Crippen molar-refractivity contribution in [3.63, 3.8) is 0 Å². The van der Waals surface area contributed by atoms with Crippen molar-refractivity contribution in [3.05, 3.63) is 63.8 Å². The summed E-state index contributed by atoms with van der Waals surface area (Å²) in [6.07, 6.45) is 1.78. The number of furan rings is 1. The summed E-state index contributed by atoms with van der Waals surface area (Å²) in [7, 11) is -3.35. The number of carbonyl (C=O) groups is 1. The molecule has 0 spiro atoms. The van der Waals surface area contributed by atoms with E-state index in [0.29, 0.717) is 23.3 Å². The molecular weight excluding hydrogens is 418 g/mol. The highest BCUT2D eigenvalue weighted by Crippen LogP contribution is 2.35. The van der Waals surface area contributed by atoms with Crippen LogP contribution in [-0.2, 0) is 16.4 Å². The van der Waals surface area contributed by atoms with Gasteiger partial charge >= 0.3 is 0 Å². The predicted molar refractivity (Wildman–Crippen MR) is 104 cm³/mol. The normalized spacial score (nSPS) is 16.9. The van der Waals surface area contributed by atoms with E-state index in [0.717, 1.165) is 15.4 Å². The first kappa shape index (κ1) is 17.3. The van der Waals surface area contributed by atoms with Gasteiger partial charge in [-0.15, -0.1) is 0 Å². The molecule has 0 amide bonds. The lowest BCUT2D eigenvalue weighted by Crippen LogP contribution is -2.34. The van der Waals surface area contributed by atoms with Crippen LogP contribution in [0.25, 0.3) is 11.0 Å². The number of hydrogen-bond donors (Lipinski definition) is 0. The van der Waals surface area contributed by atoms with Crippen LogP contribution in [0.1, 0.15) is 28.6 Å². The fourth-order valence-electron chi connectivity index (χ4n) is 3.52. The smallest absolute Gasteiger partial charge is 0.232 e. The van der Waals surface area contributed by atoms with Crippen LogP contribution < -0.4 is 4.31 Å². The maximum absolute atomic E-state index is 12.8. The molecule has 5 nitrogen and oxygen atoms in total. The Labute approximate surface area is 159 Å². The molecule has 0 saturated heterocycles. The van der Waals surface area contributed by atoms with E-state index in [-0.39, 0.29) is 17.6 Å². The van der Waals surface area contributed by atoms with E-state index < -0.39 is 10.0 Å². The quantitative estimate of drug-likeness (QED) is 0.582. The van der Waals surface area contributed by atoms with E-state index in [1.165, 1.54) is 10.6 Å². The van der Waals surface area contributed by atoms with Gasteiger partial charge in [-0.3, -0.25) is 9.10 Å². The molecule has 3 aromatic rings. The molecule has 0 fully saturated rings. The number of ketones is 1. The Morgan fingerprint density at radius 1 is 1.19 bits per heavy atom. The van der Waals surface area contributed by atoms with Gasteiger partial charge in [-0.05, 0) is 61.4 Å². The molecule has 134 valence electrons. The average molecular weight is 434 g/mol. The second-order valence-corrected chi connectivity index (χ2v) is 9.35. The van der Waals surface area contributed by atoms with Gasteiger partial charge in [0.1, 0.15) is 5.58 Å². The maximum Gasteiger partial charge on any atom is 0.232 e. The number of sulfonamides is 1. The van der Waals surface area contributed by atoms with E-state index in [1.807, 2.05) is 25.1 Å². The van der Waals surface area contributed by atoms with Gasteiger partial charge in [0.25, 0.3) is 0 Å². The third-order valence-electron chi connectivity index (χ3n) is 4.55. The van der Waals surface area contributed by atoms with E-state index in [1.54, 1.807) is 24.3 Å². The Hall–Kier alpha value is -2.12. The van der Waals surface area contributed by atoms with Crippen LogP contribution in [0.2, 0.25) is 0 Å². The minimum absolute atomic E-state index is 0.158. The molecule has 0 unspecified atom stereocenters. The zero-order chi connectivity index (χ0) is 18.6. The van der Waals surface area contributed by atoms with Crippen molar-refractivity contribution in [2.75, 3.05) is 10.6 Å². The van der Waals surface area contributed by atoms with E-state index in [9.17, 15) is 13.2 Å². The number of halogens is 1. The Bertz CT molecular complexity index is 1150. The topological polar surface area (TPSA) is 67.6 Å². The van der Waals surface area contributed by atoms with Gasteiger partial charge in [0.2, 0.25) is 15.8 Å². The number of fused-ring (bicyclic) bond motifs is 2. The predicted octanol–water partition coefficient (Wildman–Crippen LogP) is 4.14. The van der Waals surface area contributed by atoms with E-state index >= 15 is 0 Å². The standard InChI is InChI=1S/C19H16BrNO4S/c1-11-7-13-8-12(3-5-16(13)21(11)26(2,23)24)19(22)18-10-14-9-15(20)4-6-17(14)25-18/h3-6,8-11H,7H2,1-2H3/t11-/m0/s1. The van der Waals surface area contributed by atoms with Crippen LogP contribution in [0.5, 0.6) is 0 Å². The summed E-state index contributed by atoms with van der Waals surface area (Å²) >= 11 is 3.40. The first-order chi connectivity index (χ1) is 12.2. The molecule has 4 rings (SSSR count). The molecule has 7 heteroatoms. The second kappa shape index (κ2) is 5.96. The minimum atomic E-state index is -3.35. The third-order valence-corrected chi connectivity index (χ3v) is 6.32. The zero-order valence-corrected chi connectivity index (χ0v) is 16.6. The van der Waals surface area contributed by atoms with Gasteiger partial charge in [-0.2, -0.15) is 0 Å². The largest absolute Gasteiger partial charge is 0.453 e. The Kier molecular flexibility index (Phi) is 3.96. The Morgan fingerprint density at radius 2 is 1.96 bits per heavy atom. The summed E-state index contributed by atoms with van der Waals surface area (Å²) < 4.78 is 32.0. The van der Waals surface area contributed by atoms with Crippen molar-refractivity contribution >= 4 is 48.4 Å². The number of rotatable bonds is 3. The molecule has 2 aromatic carbocycles. The average Bonchev–Trinajstić information content (AvgIpc) is 3.12. The first-order valence-electron chi connectivity index (χ1n) is 8.10. The first-order valence-corrected chi connectivity index (χ1v) is 10.7. The number of nitrogens with zero attached hydrogens (tertiary/aromatic N) is 1. The Morgan fingerprint density at radius 3 is 2.69 bits per heavy atom. The van der Waals surface area contributed by atoms with Gasteiger partial charge in [0, 0.05) is 21.5 Å². The molecule has 0 aliphatic carbocycles. The van der Waals surface area contributed by atoms with Crippen molar-refractivity contribution in [2.45, 2.75) is 19.4 Å². The number of benzene rings is 2. The van der Waals surface area contributed by atoms with Gasteiger partial charge in [0.05, 0.1) is 11.9 Å². The molecule has 0 saturated carbocycles. The van der Waals surface area contributed by atoms with Crippen LogP contribution in [0.4, 0.5) is 5.69 Å². The molecule has 1 aliphatic rings. The molecule has 2 heterocycles. The summed E-state index contributed by atoms with van der Waals surface area (Å²) in [5.41, 5.74) is 2.64. The molecule has 0 bridgehead atoms. The lowest BCUT2D eigenvalue weighted by atomic mass is 10.0. The molecule has 26 heavy (non-hydrogen) atoms. The monoisotopic (exact) mass is 433 g/mol. The van der Waals surface area contributed by atoms with E-state index in [4.69, 9.17) is 4.42 Å². The summed E-state index contributed by atoms with van der Waals surface area (Å²) in [6, 6.07) is 12.2. The third kappa shape index (κ3) is 2.85. The van der Waals surface area contributed by atoms with Crippen molar-refractivity contribution < 1.29 is 17.6 Å². The van der Waals surface area contributed by atoms with Crippen LogP contribution >= 0.6 is 15.9 Å².